The molecule has 0 unspecified atom stereocenters. The van der Waals surface area contributed by atoms with Gasteiger partial charge in [-0.05, 0) is 61.4 Å². The SMILES string of the molecule is O=C(CC1CCCCC1)N1CCC[C@H]1c1cccc(Oc2ccccc2)c1. The van der Waals surface area contributed by atoms with E-state index in [9.17, 15) is 4.79 Å². The first kappa shape index (κ1) is 18.1. The zero-order valence-electron chi connectivity index (χ0n) is 16.0. The van der Waals surface area contributed by atoms with Gasteiger partial charge in [-0.2, -0.15) is 0 Å². The third kappa shape index (κ3) is 4.52. The van der Waals surface area contributed by atoms with Gasteiger partial charge in [-0.15, -0.1) is 0 Å². The highest BCUT2D eigenvalue weighted by Crippen LogP contribution is 2.36. The molecule has 2 fully saturated rings. The second-order valence-electron chi connectivity index (χ2n) is 7.94. The van der Waals surface area contributed by atoms with Crippen LogP contribution < -0.4 is 4.74 Å². The topological polar surface area (TPSA) is 29.5 Å². The van der Waals surface area contributed by atoms with Gasteiger partial charge in [0.1, 0.15) is 11.5 Å². The molecule has 1 aliphatic carbocycles. The van der Waals surface area contributed by atoms with Crippen molar-refractivity contribution in [1.29, 1.82) is 0 Å². The Balaban J connectivity index is 1.45. The Labute approximate surface area is 162 Å². The molecular formula is C24H29NO2. The molecule has 3 nitrogen and oxygen atoms in total. The van der Waals surface area contributed by atoms with Crippen LogP contribution in [-0.4, -0.2) is 17.4 Å². The van der Waals surface area contributed by atoms with Crippen LogP contribution in [0.1, 0.15) is 63.0 Å². The molecule has 4 rings (SSSR count). The van der Waals surface area contributed by atoms with Gasteiger partial charge in [0.05, 0.1) is 6.04 Å². The Kier molecular flexibility index (Phi) is 5.76. The summed E-state index contributed by atoms with van der Waals surface area (Å²) in [4.78, 5) is 15.1. The number of amides is 1. The molecule has 1 atom stereocenters. The highest BCUT2D eigenvalue weighted by Gasteiger charge is 2.31. The number of hydrogen-bond donors (Lipinski definition) is 0. The van der Waals surface area contributed by atoms with Crippen LogP contribution in [0.5, 0.6) is 11.5 Å². The Morgan fingerprint density at radius 2 is 1.67 bits per heavy atom. The van der Waals surface area contributed by atoms with Gasteiger partial charge in [0.2, 0.25) is 5.91 Å². The van der Waals surface area contributed by atoms with E-state index >= 15 is 0 Å². The number of carbonyl (C=O) groups is 1. The molecule has 1 aliphatic heterocycles. The van der Waals surface area contributed by atoms with Gasteiger partial charge in [0.25, 0.3) is 0 Å². The quantitative estimate of drug-likeness (QED) is 0.641. The minimum atomic E-state index is 0.195. The molecule has 27 heavy (non-hydrogen) atoms. The molecule has 1 amide bonds. The van der Waals surface area contributed by atoms with Gasteiger partial charge >= 0.3 is 0 Å². The lowest BCUT2D eigenvalue weighted by Gasteiger charge is -2.28. The smallest absolute Gasteiger partial charge is 0.223 e. The maximum Gasteiger partial charge on any atom is 0.223 e. The highest BCUT2D eigenvalue weighted by molar-refractivity contribution is 5.77. The van der Waals surface area contributed by atoms with Crippen molar-refractivity contribution in [2.24, 2.45) is 5.92 Å². The summed E-state index contributed by atoms with van der Waals surface area (Å²) in [5.74, 6) is 2.62. The summed E-state index contributed by atoms with van der Waals surface area (Å²) in [6, 6.07) is 18.3. The number of para-hydroxylation sites is 1. The molecule has 3 heteroatoms. The molecule has 2 aliphatic rings. The molecular weight excluding hydrogens is 334 g/mol. The third-order valence-electron chi connectivity index (χ3n) is 5.98. The van der Waals surface area contributed by atoms with Gasteiger partial charge in [0.15, 0.2) is 0 Å². The van der Waals surface area contributed by atoms with Crippen LogP contribution >= 0.6 is 0 Å². The van der Waals surface area contributed by atoms with Crippen LogP contribution in [-0.2, 0) is 4.79 Å². The van der Waals surface area contributed by atoms with Crippen LogP contribution in [0.15, 0.2) is 54.6 Å². The van der Waals surface area contributed by atoms with Crippen molar-refractivity contribution in [3.63, 3.8) is 0 Å². The molecule has 0 aromatic heterocycles. The van der Waals surface area contributed by atoms with E-state index in [1.165, 1.54) is 37.7 Å². The monoisotopic (exact) mass is 363 g/mol. The number of ether oxygens (including phenoxy) is 1. The predicted octanol–water partition coefficient (Wildman–Crippen LogP) is 6.11. The molecule has 142 valence electrons. The van der Waals surface area contributed by atoms with Crippen molar-refractivity contribution >= 4 is 5.91 Å². The van der Waals surface area contributed by atoms with Crippen molar-refractivity contribution in [2.75, 3.05) is 6.54 Å². The molecule has 1 saturated heterocycles. The van der Waals surface area contributed by atoms with Crippen molar-refractivity contribution < 1.29 is 9.53 Å². The molecule has 0 spiro atoms. The Morgan fingerprint density at radius 1 is 0.889 bits per heavy atom. The lowest BCUT2D eigenvalue weighted by molar-refractivity contribution is -0.133. The molecule has 2 aromatic carbocycles. The van der Waals surface area contributed by atoms with Crippen LogP contribution in [0.25, 0.3) is 0 Å². The van der Waals surface area contributed by atoms with Crippen molar-refractivity contribution in [2.45, 2.75) is 57.4 Å². The van der Waals surface area contributed by atoms with Gasteiger partial charge in [0, 0.05) is 13.0 Å². The van der Waals surface area contributed by atoms with Crippen LogP contribution in [0, 0.1) is 5.92 Å². The van der Waals surface area contributed by atoms with Gasteiger partial charge < -0.3 is 9.64 Å². The third-order valence-corrected chi connectivity index (χ3v) is 5.98. The normalized spacial score (nSPS) is 20.6. The van der Waals surface area contributed by atoms with E-state index in [1.807, 2.05) is 42.5 Å². The summed E-state index contributed by atoms with van der Waals surface area (Å²) in [6.07, 6.45) is 9.24. The fourth-order valence-electron chi connectivity index (χ4n) is 4.58. The van der Waals surface area contributed by atoms with Crippen LogP contribution in [0.3, 0.4) is 0 Å². The average molecular weight is 364 g/mol. The van der Waals surface area contributed by atoms with Crippen molar-refractivity contribution in [1.82, 2.24) is 4.90 Å². The molecule has 1 saturated carbocycles. The average Bonchev–Trinajstić information content (AvgIpc) is 3.20. The molecule has 0 radical (unpaired) electrons. The van der Waals surface area contributed by atoms with E-state index in [4.69, 9.17) is 4.74 Å². The van der Waals surface area contributed by atoms with Gasteiger partial charge in [-0.3, -0.25) is 4.79 Å². The van der Waals surface area contributed by atoms with Crippen molar-refractivity contribution in [3.8, 4) is 11.5 Å². The number of benzene rings is 2. The van der Waals surface area contributed by atoms with E-state index in [0.29, 0.717) is 11.8 Å². The second kappa shape index (κ2) is 8.60. The maximum atomic E-state index is 13.0. The molecule has 0 bridgehead atoms. The first-order valence-electron chi connectivity index (χ1n) is 10.4. The predicted molar refractivity (Wildman–Crippen MR) is 108 cm³/mol. The second-order valence-corrected chi connectivity index (χ2v) is 7.94. The fraction of sp³-hybridized carbons (Fsp3) is 0.458. The highest BCUT2D eigenvalue weighted by atomic mass is 16.5. The zero-order valence-corrected chi connectivity index (χ0v) is 16.0. The number of likely N-dealkylation sites (tertiary alicyclic amines) is 1. The van der Waals surface area contributed by atoms with E-state index in [1.54, 1.807) is 0 Å². The molecule has 0 N–H and O–H groups in total. The van der Waals surface area contributed by atoms with Crippen molar-refractivity contribution in [3.05, 3.63) is 60.2 Å². The Bertz CT molecular complexity index is 752. The minimum Gasteiger partial charge on any atom is -0.457 e. The first-order valence-corrected chi connectivity index (χ1v) is 10.4. The lowest BCUT2D eigenvalue weighted by Crippen LogP contribution is -2.32. The standard InChI is InChI=1S/C24H29NO2/c26-24(17-19-9-3-1-4-10-19)25-16-8-15-23(25)20-11-7-14-22(18-20)27-21-12-5-2-6-13-21/h2,5-7,11-14,18-19,23H,1,3-4,8-10,15-17H2/t23-/m0/s1. The summed E-state index contributed by atoms with van der Waals surface area (Å²) in [5.41, 5.74) is 1.19. The Hall–Kier alpha value is -2.29. The van der Waals surface area contributed by atoms with E-state index < -0.39 is 0 Å². The summed E-state index contributed by atoms with van der Waals surface area (Å²) in [5, 5.41) is 0. The summed E-state index contributed by atoms with van der Waals surface area (Å²) >= 11 is 0. The fourth-order valence-corrected chi connectivity index (χ4v) is 4.58. The van der Waals surface area contributed by atoms with Crippen LogP contribution in [0.2, 0.25) is 0 Å². The molecule has 2 aromatic rings. The number of carbonyl (C=O) groups excluding carboxylic acids is 1. The van der Waals surface area contributed by atoms with E-state index in [-0.39, 0.29) is 6.04 Å². The van der Waals surface area contributed by atoms with E-state index in [2.05, 4.69) is 17.0 Å². The number of rotatable bonds is 5. The Morgan fingerprint density at radius 3 is 2.48 bits per heavy atom. The van der Waals surface area contributed by atoms with E-state index in [0.717, 1.165) is 37.3 Å². The minimum absolute atomic E-state index is 0.195. The summed E-state index contributed by atoms with van der Waals surface area (Å²) in [7, 11) is 0. The first-order chi connectivity index (χ1) is 13.3. The van der Waals surface area contributed by atoms with Crippen LogP contribution in [0.4, 0.5) is 0 Å². The number of hydrogen-bond acceptors (Lipinski definition) is 2. The summed E-state index contributed by atoms with van der Waals surface area (Å²) < 4.78 is 5.99. The lowest BCUT2D eigenvalue weighted by atomic mass is 9.86. The summed E-state index contributed by atoms with van der Waals surface area (Å²) in [6.45, 7) is 0.889. The molecule has 1 heterocycles. The maximum absolute atomic E-state index is 13.0. The number of nitrogens with zero attached hydrogens (tertiary/aromatic N) is 1. The largest absolute Gasteiger partial charge is 0.457 e. The van der Waals surface area contributed by atoms with Gasteiger partial charge in [-0.25, -0.2) is 0 Å². The zero-order chi connectivity index (χ0) is 18.5. The van der Waals surface area contributed by atoms with Gasteiger partial charge in [-0.1, -0.05) is 49.6 Å².